The van der Waals surface area contributed by atoms with Crippen molar-refractivity contribution < 1.29 is 4.79 Å². The number of pyridine rings is 2. The van der Waals surface area contributed by atoms with Crippen molar-refractivity contribution in [2.75, 3.05) is 12.8 Å². The highest BCUT2D eigenvalue weighted by molar-refractivity contribution is 5.92. The summed E-state index contributed by atoms with van der Waals surface area (Å²) in [5.41, 5.74) is 7.33. The average Bonchev–Trinajstić information content (AvgIpc) is 2.39. The van der Waals surface area contributed by atoms with Crippen molar-refractivity contribution in [1.82, 2.24) is 14.9 Å². The van der Waals surface area contributed by atoms with Crippen molar-refractivity contribution in [3.8, 4) is 0 Å². The summed E-state index contributed by atoms with van der Waals surface area (Å²) in [6.45, 7) is 0.441. The van der Waals surface area contributed by atoms with E-state index >= 15 is 0 Å². The highest BCUT2D eigenvalue weighted by atomic mass is 16.2. The van der Waals surface area contributed by atoms with Crippen LogP contribution in [0.5, 0.6) is 0 Å². The van der Waals surface area contributed by atoms with Crippen molar-refractivity contribution in [1.29, 1.82) is 0 Å². The number of nitrogens with zero attached hydrogens (tertiary/aromatic N) is 3. The third-order valence-electron chi connectivity index (χ3n) is 2.48. The van der Waals surface area contributed by atoms with Crippen molar-refractivity contribution in [3.63, 3.8) is 0 Å². The van der Waals surface area contributed by atoms with E-state index in [1.165, 1.54) is 6.20 Å². The van der Waals surface area contributed by atoms with E-state index < -0.39 is 0 Å². The first-order valence-corrected chi connectivity index (χ1v) is 5.54. The minimum absolute atomic E-state index is 0.173. The summed E-state index contributed by atoms with van der Waals surface area (Å²) in [5, 5.41) is 0. The molecule has 0 aromatic carbocycles. The number of carbonyl (C=O) groups is 1. The molecule has 0 aliphatic rings. The zero-order valence-corrected chi connectivity index (χ0v) is 10.1. The molecule has 2 heterocycles. The van der Waals surface area contributed by atoms with Crippen LogP contribution < -0.4 is 5.73 Å². The van der Waals surface area contributed by atoms with E-state index in [2.05, 4.69) is 9.97 Å². The molecule has 1 amide bonds. The molecule has 0 bridgehead atoms. The Morgan fingerprint density at radius 3 is 2.78 bits per heavy atom. The van der Waals surface area contributed by atoms with Crippen LogP contribution in [0, 0.1) is 0 Å². The van der Waals surface area contributed by atoms with E-state index in [1.807, 2.05) is 18.2 Å². The normalized spacial score (nSPS) is 10.1. The van der Waals surface area contributed by atoms with E-state index in [0.29, 0.717) is 17.9 Å². The van der Waals surface area contributed by atoms with Gasteiger partial charge in [0.05, 0.1) is 12.2 Å². The third kappa shape index (κ3) is 2.82. The summed E-state index contributed by atoms with van der Waals surface area (Å²) in [5.74, 6) is -0.173. The van der Waals surface area contributed by atoms with Crippen LogP contribution in [0.15, 0.2) is 42.7 Å². The summed E-state index contributed by atoms with van der Waals surface area (Å²) in [7, 11) is 1.71. The molecule has 5 heteroatoms. The molecular weight excluding hydrogens is 228 g/mol. The van der Waals surface area contributed by atoms with Crippen LogP contribution in [0.4, 0.5) is 5.69 Å². The first kappa shape index (κ1) is 12.0. The zero-order valence-electron chi connectivity index (χ0n) is 10.1. The minimum Gasteiger partial charge on any atom is -0.399 e. The van der Waals surface area contributed by atoms with Gasteiger partial charge in [-0.2, -0.15) is 0 Å². The lowest BCUT2D eigenvalue weighted by molar-refractivity contribution is 0.0777. The molecule has 0 unspecified atom stereocenters. The molecular formula is C13H14N4O. The number of nitrogens with two attached hydrogens (primary N) is 1. The number of nitrogen functional groups attached to an aromatic ring is 1. The van der Waals surface area contributed by atoms with Crippen LogP contribution in [0.2, 0.25) is 0 Å². The Balaban J connectivity index is 2.10. The van der Waals surface area contributed by atoms with Crippen LogP contribution in [0.1, 0.15) is 16.2 Å². The summed E-state index contributed by atoms with van der Waals surface area (Å²) >= 11 is 0. The van der Waals surface area contributed by atoms with Gasteiger partial charge in [0, 0.05) is 25.1 Å². The Hall–Kier alpha value is -2.43. The molecule has 0 fully saturated rings. The predicted octanol–water partition coefficient (Wildman–Crippen LogP) is 1.33. The largest absolute Gasteiger partial charge is 0.399 e. The molecule has 0 spiro atoms. The van der Waals surface area contributed by atoms with E-state index in [9.17, 15) is 4.79 Å². The molecule has 0 radical (unpaired) electrons. The Kier molecular flexibility index (Phi) is 3.52. The fourth-order valence-electron chi connectivity index (χ4n) is 1.57. The predicted molar refractivity (Wildman–Crippen MR) is 68.7 cm³/mol. The quantitative estimate of drug-likeness (QED) is 0.881. The van der Waals surface area contributed by atoms with Gasteiger partial charge in [-0.15, -0.1) is 0 Å². The number of aromatic nitrogens is 2. The van der Waals surface area contributed by atoms with E-state index in [0.717, 1.165) is 5.69 Å². The van der Waals surface area contributed by atoms with Crippen molar-refractivity contribution in [3.05, 3.63) is 54.1 Å². The second-order valence-electron chi connectivity index (χ2n) is 3.96. The second kappa shape index (κ2) is 5.27. The van der Waals surface area contributed by atoms with E-state index in [4.69, 9.17) is 5.73 Å². The summed E-state index contributed by atoms with van der Waals surface area (Å²) < 4.78 is 0. The molecule has 0 saturated carbocycles. The number of anilines is 1. The van der Waals surface area contributed by atoms with Gasteiger partial charge in [-0.05, 0) is 24.3 Å². The van der Waals surface area contributed by atoms with Crippen LogP contribution in [0.25, 0.3) is 0 Å². The van der Waals surface area contributed by atoms with Gasteiger partial charge in [0.25, 0.3) is 5.91 Å². The SMILES string of the molecule is CN(Cc1ccccn1)C(=O)c1cc(N)ccn1. The second-order valence-corrected chi connectivity index (χ2v) is 3.96. The van der Waals surface area contributed by atoms with Crippen molar-refractivity contribution >= 4 is 11.6 Å². The van der Waals surface area contributed by atoms with Gasteiger partial charge in [-0.1, -0.05) is 6.07 Å². The molecule has 2 rings (SSSR count). The fraction of sp³-hybridized carbons (Fsp3) is 0.154. The van der Waals surface area contributed by atoms with Crippen molar-refractivity contribution in [2.24, 2.45) is 0 Å². The van der Waals surface area contributed by atoms with Gasteiger partial charge < -0.3 is 10.6 Å². The fourth-order valence-corrected chi connectivity index (χ4v) is 1.57. The molecule has 2 aromatic rings. The topological polar surface area (TPSA) is 72.1 Å². The molecule has 2 aromatic heterocycles. The van der Waals surface area contributed by atoms with Gasteiger partial charge >= 0.3 is 0 Å². The molecule has 0 aliphatic heterocycles. The molecule has 0 aliphatic carbocycles. The van der Waals surface area contributed by atoms with E-state index in [1.54, 1.807) is 30.3 Å². The van der Waals surface area contributed by atoms with Crippen LogP contribution in [0.3, 0.4) is 0 Å². The summed E-state index contributed by atoms with van der Waals surface area (Å²) in [6.07, 6.45) is 3.23. The number of hydrogen-bond donors (Lipinski definition) is 1. The molecule has 0 atom stereocenters. The lowest BCUT2D eigenvalue weighted by Gasteiger charge is -2.16. The summed E-state index contributed by atoms with van der Waals surface area (Å²) in [4.78, 5) is 21.8. The third-order valence-corrected chi connectivity index (χ3v) is 2.48. The van der Waals surface area contributed by atoms with Gasteiger partial charge in [-0.25, -0.2) is 0 Å². The molecule has 2 N–H and O–H groups in total. The first-order valence-electron chi connectivity index (χ1n) is 5.54. The van der Waals surface area contributed by atoms with Crippen molar-refractivity contribution in [2.45, 2.75) is 6.54 Å². The number of amides is 1. The lowest BCUT2D eigenvalue weighted by atomic mass is 10.2. The average molecular weight is 242 g/mol. The van der Waals surface area contributed by atoms with Crippen LogP contribution in [-0.2, 0) is 6.54 Å². The number of rotatable bonds is 3. The maximum atomic E-state index is 12.1. The van der Waals surface area contributed by atoms with Gasteiger partial charge in [0.2, 0.25) is 0 Å². The molecule has 18 heavy (non-hydrogen) atoms. The smallest absolute Gasteiger partial charge is 0.272 e. The Labute approximate surface area is 105 Å². The Morgan fingerprint density at radius 1 is 1.28 bits per heavy atom. The van der Waals surface area contributed by atoms with E-state index in [-0.39, 0.29) is 5.91 Å². The lowest BCUT2D eigenvalue weighted by Crippen LogP contribution is -2.27. The first-order chi connectivity index (χ1) is 8.66. The van der Waals surface area contributed by atoms with Crippen LogP contribution >= 0.6 is 0 Å². The maximum Gasteiger partial charge on any atom is 0.272 e. The zero-order chi connectivity index (χ0) is 13.0. The minimum atomic E-state index is -0.173. The number of carbonyl (C=O) groups excluding carboxylic acids is 1. The Morgan fingerprint density at radius 2 is 2.11 bits per heavy atom. The number of hydrogen-bond acceptors (Lipinski definition) is 4. The molecule has 0 saturated heterocycles. The highest BCUT2D eigenvalue weighted by Crippen LogP contribution is 2.07. The molecule has 92 valence electrons. The standard InChI is InChI=1S/C13H14N4O/c1-17(9-11-4-2-3-6-15-11)13(18)12-8-10(14)5-7-16-12/h2-8H,9H2,1H3,(H2,14,16). The van der Waals surface area contributed by atoms with Crippen LogP contribution in [-0.4, -0.2) is 27.8 Å². The van der Waals surface area contributed by atoms with Gasteiger partial charge in [-0.3, -0.25) is 14.8 Å². The van der Waals surface area contributed by atoms with Gasteiger partial charge in [0.15, 0.2) is 0 Å². The molecule has 5 nitrogen and oxygen atoms in total. The highest BCUT2D eigenvalue weighted by Gasteiger charge is 2.13. The monoisotopic (exact) mass is 242 g/mol. The van der Waals surface area contributed by atoms with Gasteiger partial charge in [0.1, 0.15) is 5.69 Å². The maximum absolute atomic E-state index is 12.1. The summed E-state index contributed by atoms with van der Waals surface area (Å²) in [6, 6.07) is 8.81. The Bertz CT molecular complexity index is 542.